The Bertz CT molecular complexity index is 365. The summed E-state index contributed by atoms with van der Waals surface area (Å²) in [6.07, 6.45) is 3.02. The number of nitrogens with zero attached hydrogens (tertiary/aromatic N) is 2. The van der Waals surface area contributed by atoms with E-state index in [9.17, 15) is 4.79 Å². The molecule has 5 nitrogen and oxygen atoms in total. The van der Waals surface area contributed by atoms with E-state index in [1.165, 1.54) is 0 Å². The number of ether oxygens (including phenoxy) is 2. The Morgan fingerprint density at radius 2 is 2.00 bits per heavy atom. The molecule has 1 spiro atoms. The summed E-state index contributed by atoms with van der Waals surface area (Å²) in [6.45, 7) is 13.6. The fraction of sp³-hybridized carbons (Fsp3) is 0.941. The number of likely N-dealkylation sites (tertiary alicyclic amines) is 1. The van der Waals surface area contributed by atoms with Gasteiger partial charge in [0.1, 0.15) is 6.10 Å². The second kappa shape index (κ2) is 7.75. The first-order valence-corrected chi connectivity index (χ1v) is 8.76. The van der Waals surface area contributed by atoms with Crippen molar-refractivity contribution in [3.8, 4) is 0 Å². The van der Waals surface area contributed by atoms with Gasteiger partial charge in [-0.2, -0.15) is 0 Å². The van der Waals surface area contributed by atoms with Crippen LogP contribution in [0, 0.1) is 0 Å². The maximum atomic E-state index is 12.2. The summed E-state index contributed by atoms with van der Waals surface area (Å²) in [4.78, 5) is 16.6. The zero-order valence-electron chi connectivity index (χ0n) is 14.6. The van der Waals surface area contributed by atoms with Crippen molar-refractivity contribution in [2.45, 2.75) is 64.8 Å². The molecule has 0 aliphatic carbocycles. The molecular formula is C17H32N2O3. The lowest BCUT2D eigenvalue weighted by atomic mass is 9.88. The Labute approximate surface area is 134 Å². The number of carbonyl (C=O) groups excluding carboxylic acids is 1. The molecule has 2 aliphatic rings. The monoisotopic (exact) mass is 312 g/mol. The molecule has 0 aromatic carbocycles. The number of hydrogen-bond acceptors (Lipinski definition) is 4. The van der Waals surface area contributed by atoms with Gasteiger partial charge in [0.05, 0.1) is 18.3 Å². The van der Waals surface area contributed by atoms with Crippen LogP contribution in [0.25, 0.3) is 0 Å². The molecular weight excluding hydrogens is 280 g/mol. The van der Waals surface area contributed by atoms with Crippen molar-refractivity contribution in [1.29, 1.82) is 0 Å². The first-order chi connectivity index (χ1) is 10.5. The van der Waals surface area contributed by atoms with Crippen molar-refractivity contribution in [3.63, 3.8) is 0 Å². The maximum absolute atomic E-state index is 12.2. The molecule has 2 saturated heterocycles. The van der Waals surface area contributed by atoms with Crippen molar-refractivity contribution in [3.05, 3.63) is 0 Å². The quantitative estimate of drug-likeness (QED) is 0.751. The Morgan fingerprint density at radius 1 is 1.32 bits per heavy atom. The third-order valence-electron chi connectivity index (χ3n) is 4.68. The summed E-state index contributed by atoms with van der Waals surface area (Å²) in [5.41, 5.74) is -0.127. The first kappa shape index (κ1) is 17.7. The van der Waals surface area contributed by atoms with Gasteiger partial charge in [0.25, 0.3) is 5.91 Å². The smallest absolute Gasteiger partial charge is 0.251 e. The van der Waals surface area contributed by atoms with Gasteiger partial charge < -0.3 is 19.3 Å². The average molecular weight is 312 g/mol. The lowest BCUT2D eigenvalue weighted by Crippen LogP contribution is -2.61. The Balaban J connectivity index is 1.84. The molecule has 2 fully saturated rings. The molecule has 2 rings (SSSR count). The number of hydrogen-bond donors (Lipinski definition) is 0. The molecule has 5 heteroatoms. The number of amides is 1. The standard InChI is InChI=1S/C17H32N2O3/c1-5-8-19-13-17(22-15(4)16(19)20)6-9-18(10-7-17)11-12-21-14(2)3/h14-15H,5-13H2,1-4H3. The van der Waals surface area contributed by atoms with Gasteiger partial charge in [0.15, 0.2) is 0 Å². The molecule has 2 heterocycles. The fourth-order valence-electron chi connectivity index (χ4n) is 3.48. The van der Waals surface area contributed by atoms with Crippen LogP contribution in [0.15, 0.2) is 0 Å². The normalized spacial score (nSPS) is 26.1. The van der Waals surface area contributed by atoms with Crippen LogP contribution < -0.4 is 0 Å². The van der Waals surface area contributed by atoms with Crippen molar-refractivity contribution in [2.75, 3.05) is 39.3 Å². The molecule has 0 N–H and O–H groups in total. The number of piperidine rings is 1. The van der Waals surface area contributed by atoms with Crippen LogP contribution in [0.5, 0.6) is 0 Å². The van der Waals surface area contributed by atoms with E-state index in [0.717, 1.165) is 58.6 Å². The van der Waals surface area contributed by atoms with Crippen molar-refractivity contribution in [1.82, 2.24) is 9.80 Å². The molecule has 1 atom stereocenters. The highest BCUT2D eigenvalue weighted by molar-refractivity contribution is 5.81. The molecule has 0 bridgehead atoms. The van der Waals surface area contributed by atoms with Crippen molar-refractivity contribution < 1.29 is 14.3 Å². The third kappa shape index (κ3) is 4.43. The van der Waals surface area contributed by atoms with Crippen LogP contribution in [0.3, 0.4) is 0 Å². The van der Waals surface area contributed by atoms with Gasteiger partial charge in [0.2, 0.25) is 0 Å². The second-order valence-corrected chi connectivity index (χ2v) is 6.96. The predicted octanol–water partition coefficient (Wildman–Crippen LogP) is 1.90. The van der Waals surface area contributed by atoms with E-state index < -0.39 is 0 Å². The van der Waals surface area contributed by atoms with Crippen molar-refractivity contribution in [2.24, 2.45) is 0 Å². The van der Waals surface area contributed by atoms with Gasteiger partial charge in [-0.25, -0.2) is 0 Å². The fourth-order valence-corrected chi connectivity index (χ4v) is 3.48. The molecule has 1 unspecified atom stereocenters. The zero-order valence-corrected chi connectivity index (χ0v) is 14.6. The highest BCUT2D eigenvalue weighted by Gasteiger charge is 2.44. The summed E-state index contributed by atoms with van der Waals surface area (Å²) in [6, 6.07) is 0. The summed E-state index contributed by atoms with van der Waals surface area (Å²) >= 11 is 0. The van der Waals surface area contributed by atoms with Crippen LogP contribution in [-0.4, -0.2) is 72.8 Å². The van der Waals surface area contributed by atoms with Gasteiger partial charge in [-0.3, -0.25) is 4.79 Å². The van der Waals surface area contributed by atoms with E-state index in [-0.39, 0.29) is 17.6 Å². The van der Waals surface area contributed by atoms with Gasteiger partial charge in [-0.1, -0.05) is 6.92 Å². The Morgan fingerprint density at radius 3 is 2.59 bits per heavy atom. The van der Waals surface area contributed by atoms with E-state index in [1.54, 1.807) is 0 Å². The minimum Gasteiger partial charge on any atom is -0.377 e. The highest BCUT2D eigenvalue weighted by atomic mass is 16.5. The molecule has 2 aliphatic heterocycles. The third-order valence-corrected chi connectivity index (χ3v) is 4.68. The molecule has 128 valence electrons. The van der Waals surface area contributed by atoms with Crippen molar-refractivity contribution >= 4 is 5.91 Å². The maximum Gasteiger partial charge on any atom is 0.251 e. The highest BCUT2D eigenvalue weighted by Crippen LogP contribution is 2.32. The zero-order chi connectivity index (χ0) is 16.2. The minimum atomic E-state index is -0.295. The van der Waals surface area contributed by atoms with Crippen LogP contribution in [0.2, 0.25) is 0 Å². The lowest BCUT2D eigenvalue weighted by Gasteiger charge is -2.49. The van der Waals surface area contributed by atoms with Gasteiger partial charge in [-0.15, -0.1) is 0 Å². The van der Waals surface area contributed by atoms with E-state index >= 15 is 0 Å². The average Bonchev–Trinajstić information content (AvgIpc) is 2.47. The van der Waals surface area contributed by atoms with Gasteiger partial charge >= 0.3 is 0 Å². The molecule has 0 aromatic rings. The first-order valence-electron chi connectivity index (χ1n) is 8.76. The largest absolute Gasteiger partial charge is 0.377 e. The van der Waals surface area contributed by atoms with E-state index in [0.29, 0.717) is 6.10 Å². The summed E-state index contributed by atoms with van der Waals surface area (Å²) in [5, 5.41) is 0. The molecule has 0 radical (unpaired) electrons. The SMILES string of the molecule is CCCN1CC2(CCN(CCOC(C)C)CC2)OC(C)C1=O. The van der Waals surface area contributed by atoms with Gasteiger partial charge in [0, 0.05) is 32.7 Å². The Kier molecular flexibility index (Phi) is 6.24. The molecule has 1 amide bonds. The minimum absolute atomic E-state index is 0.127. The lowest BCUT2D eigenvalue weighted by molar-refractivity contribution is -0.189. The van der Waals surface area contributed by atoms with E-state index in [2.05, 4.69) is 25.7 Å². The topological polar surface area (TPSA) is 42.0 Å². The predicted molar refractivity (Wildman–Crippen MR) is 86.9 cm³/mol. The van der Waals surface area contributed by atoms with Crippen LogP contribution in [0.4, 0.5) is 0 Å². The molecule has 0 saturated carbocycles. The molecule has 0 aromatic heterocycles. The second-order valence-electron chi connectivity index (χ2n) is 6.96. The molecule has 22 heavy (non-hydrogen) atoms. The number of rotatable bonds is 6. The van der Waals surface area contributed by atoms with E-state index in [4.69, 9.17) is 9.47 Å². The summed E-state index contributed by atoms with van der Waals surface area (Å²) < 4.78 is 11.8. The van der Waals surface area contributed by atoms with E-state index in [1.807, 2.05) is 11.8 Å². The van der Waals surface area contributed by atoms with Crippen LogP contribution in [-0.2, 0) is 14.3 Å². The van der Waals surface area contributed by atoms with Gasteiger partial charge in [-0.05, 0) is 40.0 Å². The number of carbonyl (C=O) groups is 1. The Hall–Kier alpha value is -0.650. The van der Waals surface area contributed by atoms with Crippen LogP contribution in [0.1, 0.15) is 47.0 Å². The number of morpholine rings is 1. The van der Waals surface area contributed by atoms with Crippen LogP contribution >= 0.6 is 0 Å². The summed E-state index contributed by atoms with van der Waals surface area (Å²) in [7, 11) is 0. The summed E-state index contributed by atoms with van der Waals surface area (Å²) in [5.74, 6) is 0.153.